The second kappa shape index (κ2) is 14.7. The van der Waals surface area contributed by atoms with Crippen molar-refractivity contribution in [2.24, 2.45) is 0 Å². The van der Waals surface area contributed by atoms with E-state index in [0.717, 1.165) is 17.0 Å². The number of alkyl halides is 5. The number of hydrogen-bond acceptors (Lipinski definition) is 5. The van der Waals surface area contributed by atoms with Gasteiger partial charge in [0.25, 0.3) is 0 Å². The number of rotatable bonds is 15. The molecule has 0 aliphatic rings. The van der Waals surface area contributed by atoms with E-state index < -0.39 is 60.5 Å². The number of carboxylic acids is 1. The number of carbonyl (C=O) groups excluding carboxylic acids is 1. The molecule has 7 nitrogen and oxygen atoms in total. The minimum Gasteiger partial charge on any atom is -0.492 e. The predicted octanol–water partition coefficient (Wildman–Crippen LogP) is 6.24. The molecule has 2 aromatic rings. The van der Waals surface area contributed by atoms with Crippen LogP contribution in [0.15, 0.2) is 42.5 Å². The van der Waals surface area contributed by atoms with Gasteiger partial charge in [0.05, 0.1) is 6.54 Å². The minimum atomic E-state index is -5.70. The molecular formula is C26H28F7NO6. The van der Waals surface area contributed by atoms with Crippen molar-refractivity contribution >= 4 is 12.1 Å². The Morgan fingerprint density at radius 3 is 2.23 bits per heavy atom. The molecule has 0 heterocycles. The van der Waals surface area contributed by atoms with E-state index in [1.807, 2.05) is 0 Å². The lowest BCUT2D eigenvalue weighted by atomic mass is 10.1. The summed E-state index contributed by atoms with van der Waals surface area (Å²) in [5, 5.41) is 9.19. The van der Waals surface area contributed by atoms with Crippen LogP contribution in [-0.4, -0.2) is 66.6 Å². The number of ether oxygens (including phenoxy) is 3. The van der Waals surface area contributed by atoms with Crippen LogP contribution in [0, 0.1) is 11.6 Å². The molecule has 222 valence electrons. The molecule has 0 bridgehead atoms. The van der Waals surface area contributed by atoms with Gasteiger partial charge in [-0.1, -0.05) is 12.1 Å². The van der Waals surface area contributed by atoms with Crippen LogP contribution in [-0.2, 0) is 16.0 Å². The highest BCUT2D eigenvalue weighted by atomic mass is 19.4. The first-order valence-corrected chi connectivity index (χ1v) is 12.2. The van der Waals surface area contributed by atoms with Crippen molar-refractivity contribution in [2.75, 3.05) is 26.3 Å². The summed E-state index contributed by atoms with van der Waals surface area (Å²) in [6, 6.07) is 8.47. The van der Waals surface area contributed by atoms with Gasteiger partial charge in [-0.15, -0.1) is 0 Å². The molecule has 0 fully saturated rings. The van der Waals surface area contributed by atoms with E-state index in [-0.39, 0.29) is 39.1 Å². The molecule has 1 N–H and O–H groups in total. The monoisotopic (exact) mass is 583 g/mol. The van der Waals surface area contributed by atoms with Gasteiger partial charge in [-0.2, -0.15) is 22.0 Å². The number of carbonyl (C=O) groups is 2. The lowest BCUT2D eigenvalue weighted by molar-refractivity contribution is -0.284. The summed E-state index contributed by atoms with van der Waals surface area (Å²) in [5.41, 5.74) is 0.649. The van der Waals surface area contributed by atoms with Gasteiger partial charge in [0.2, 0.25) is 0 Å². The van der Waals surface area contributed by atoms with Crippen molar-refractivity contribution in [2.45, 2.75) is 50.8 Å². The number of carboxylic acid groups (broad SMARTS) is 1. The number of halogens is 7. The number of hydrogen-bond donors (Lipinski definition) is 1. The Balaban J connectivity index is 1.99. The van der Waals surface area contributed by atoms with Crippen LogP contribution in [0.3, 0.4) is 0 Å². The molecule has 14 heteroatoms. The van der Waals surface area contributed by atoms with Gasteiger partial charge < -0.3 is 24.2 Å². The molecule has 0 saturated heterocycles. The molecule has 1 unspecified atom stereocenters. The third-order valence-electron chi connectivity index (χ3n) is 5.55. The van der Waals surface area contributed by atoms with Crippen molar-refractivity contribution in [1.29, 1.82) is 0 Å². The lowest BCUT2D eigenvalue weighted by Gasteiger charge is -2.23. The second-order valence-corrected chi connectivity index (χ2v) is 8.57. The maximum atomic E-state index is 13.9. The Kier molecular flexibility index (Phi) is 12.0. The maximum absolute atomic E-state index is 13.9. The van der Waals surface area contributed by atoms with Crippen LogP contribution in [0.25, 0.3) is 0 Å². The molecular weight excluding hydrogens is 555 g/mol. The molecule has 0 aliphatic carbocycles. The molecule has 1 amide bonds. The molecule has 1 atom stereocenters. The molecule has 2 aromatic carbocycles. The smallest absolute Gasteiger partial charge is 0.453 e. The highest BCUT2D eigenvalue weighted by Gasteiger charge is 2.56. The summed E-state index contributed by atoms with van der Waals surface area (Å²) in [7, 11) is 0. The minimum absolute atomic E-state index is 0.108. The molecule has 2 rings (SSSR count). The fourth-order valence-electron chi connectivity index (χ4n) is 3.43. The zero-order valence-corrected chi connectivity index (χ0v) is 21.4. The van der Waals surface area contributed by atoms with Gasteiger partial charge in [-0.3, -0.25) is 0 Å². The van der Waals surface area contributed by atoms with Crippen LogP contribution >= 0.6 is 0 Å². The first-order valence-electron chi connectivity index (χ1n) is 12.2. The number of unbranched alkanes of at least 4 members (excludes halogenated alkanes) is 1. The van der Waals surface area contributed by atoms with Crippen LogP contribution in [0.1, 0.15) is 31.7 Å². The predicted molar refractivity (Wildman–Crippen MR) is 127 cm³/mol. The zero-order valence-electron chi connectivity index (χ0n) is 21.4. The Labute approximate surface area is 225 Å². The summed E-state index contributed by atoms with van der Waals surface area (Å²) in [4.78, 5) is 24.8. The molecule has 40 heavy (non-hydrogen) atoms. The Hall–Kier alpha value is -3.55. The van der Waals surface area contributed by atoms with Crippen molar-refractivity contribution in [3.05, 3.63) is 59.7 Å². The van der Waals surface area contributed by atoms with Crippen molar-refractivity contribution in [3.63, 3.8) is 0 Å². The standard InChI is InChI=1S/C26H28F7NO6/c1-2-38-22(23(35)36)15-17-5-8-19(9-6-17)39-14-13-34(12-4-3-11-25(29,30)26(31,32)33)24(37)40-21-10-7-18(27)16-20(21)28/h5-10,16,22H,2-4,11-15H2,1H3,(H,35,36). The molecule has 0 aliphatic heterocycles. The first kappa shape index (κ1) is 32.7. The number of amides is 1. The Morgan fingerprint density at radius 2 is 1.65 bits per heavy atom. The van der Waals surface area contributed by atoms with Crippen molar-refractivity contribution < 1.29 is 59.6 Å². The largest absolute Gasteiger partial charge is 0.492 e. The van der Waals surface area contributed by atoms with Gasteiger partial charge in [0.1, 0.15) is 18.2 Å². The summed E-state index contributed by atoms with van der Waals surface area (Å²) in [5.74, 6) is -8.38. The normalized spacial score (nSPS) is 12.6. The number of nitrogens with zero attached hydrogens (tertiary/aromatic N) is 1. The van der Waals surface area contributed by atoms with Crippen LogP contribution in [0.4, 0.5) is 35.5 Å². The molecule has 0 saturated carbocycles. The highest BCUT2D eigenvalue weighted by Crippen LogP contribution is 2.39. The fraction of sp³-hybridized carbons (Fsp3) is 0.462. The van der Waals surface area contributed by atoms with E-state index in [4.69, 9.17) is 14.2 Å². The third-order valence-corrected chi connectivity index (χ3v) is 5.55. The van der Waals surface area contributed by atoms with E-state index in [1.54, 1.807) is 19.1 Å². The molecule has 0 radical (unpaired) electrons. The van der Waals surface area contributed by atoms with Crippen molar-refractivity contribution in [3.8, 4) is 11.5 Å². The van der Waals surface area contributed by atoms with E-state index in [2.05, 4.69) is 0 Å². The molecule has 0 aromatic heterocycles. The Bertz CT molecular complexity index is 1110. The van der Waals surface area contributed by atoms with Crippen LogP contribution in [0.5, 0.6) is 11.5 Å². The van der Waals surface area contributed by atoms with E-state index >= 15 is 0 Å². The van der Waals surface area contributed by atoms with E-state index in [1.165, 1.54) is 12.1 Å². The molecule has 0 spiro atoms. The van der Waals surface area contributed by atoms with Crippen LogP contribution in [0.2, 0.25) is 0 Å². The van der Waals surface area contributed by atoms with Gasteiger partial charge in [0, 0.05) is 32.1 Å². The SMILES string of the molecule is CCOC(Cc1ccc(OCCN(CCCCC(F)(F)C(F)(F)F)C(=O)Oc2ccc(F)cc2F)cc1)C(=O)O. The van der Waals surface area contributed by atoms with Crippen molar-refractivity contribution in [1.82, 2.24) is 4.90 Å². The fourth-order valence-corrected chi connectivity index (χ4v) is 3.43. The maximum Gasteiger partial charge on any atom is 0.453 e. The first-order chi connectivity index (χ1) is 18.7. The van der Waals surface area contributed by atoms with Gasteiger partial charge in [-0.05, 0) is 49.6 Å². The number of aliphatic carboxylic acids is 1. The van der Waals surface area contributed by atoms with Crippen LogP contribution < -0.4 is 9.47 Å². The topological polar surface area (TPSA) is 85.3 Å². The zero-order chi connectivity index (χ0) is 29.9. The summed E-state index contributed by atoms with van der Waals surface area (Å²) < 4.78 is 106. The third kappa shape index (κ3) is 10.2. The summed E-state index contributed by atoms with van der Waals surface area (Å²) in [6.07, 6.45) is -10.1. The average molecular weight is 583 g/mol. The highest BCUT2D eigenvalue weighted by molar-refractivity contribution is 5.72. The summed E-state index contributed by atoms with van der Waals surface area (Å²) >= 11 is 0. The van der Waals surface area contributed by atoms with E-state index in [0.29, 0.717) is 17.4 Å². The number of benzene rings is 2. The average Bonchev–Trinajstić information content (AvgIpc) is 2.87. The summed E-state index contributed by atoms with van der Waals surface area (Å²) in [6.45, 7) is 1.18. The van der Waals surface area contributed by atoms with Gasteiger partial charge in [0.15, 0.2) is 17.7 Å². The van der Waals surface area contributed by atoms with Gasteiger partial charge in [-0.25, -0.2) is 18.4 Å². The quantitative estimate of drug-likeness (QED) is 0.197. The van der Waals surface area contributed by atoms with Gasteiger partial charge >= 0.3 is 24.2 Å². The lowest BCUT2D eigenvalue weighted by Crippen LogP contribution is -2.38. The second-order valence-electron chi connectivity index (χ2n) is 8.57. The van der Waals surface area contributed by atoms with E-state index in [9.17, 15) is 45.4 Å². The Morgan fingerprint density at radius 1 is 0.975 bits per heavy atom.